The molecule has 0 amide bonds. The van der Waals surface area contributed by atoms with Crippen LogP contribution in [0, 0.1) is 5.92 Å². The van der Waals surface area contributed by atoms with E-state index >= 15 is 0 Å². The standard InChI is InChI=1S/C8H16O5/c1-2-3-4(9)6(11)8(13)7(12)5(3)10/h3-13H,2H2,1H3. The first-order valence-electron chi connectivity index (χ1n) is 4.41. The molecule has 13 heavy (non-hydrogen) atoms. The maximum atomic E-state index is 9.41. The summed E-state index contributed by atoms with van der Waals surface area (Å²) in [7, 11) is 0. The van der Waals surface area contributed by atoms with E-state index in [2.05, 4.69) is 0 Å². The van der Waals surface area contributed by atoms with Crippen LogP contribution < -0.4 is 0 Å². The Bertz CT molecular complexity index is 158. The molecule has 0 spiro atoms. The average molecular weight is 192 g/mol. The molecule has 1 saturated carbocycles. The van der Waals surface area contributed by atoms with Crippen LogP contribution in [0.15, 0.2) is 0 Å². The Morgan fingerprint density at radius 2 is 1.00 bits per heavy atom. The molecule has 1 rings (SSSR count). The monoisotopic (exact) mass is 192 g/mol. The maximum absolute atomic E-state index is 9.41. The molecule has 4 unspecified atom stereocenters. The molecule has 0 aromatic carbocycles. The zero-order chi connectivity index (χ0) is 10.2. The van der Waals surface area contributed by atoms with Gasteiger partial charge in [-0.1, -0.05) is 6.92 Å². The molecule has 0 aromatic rings. The molecule has 0 radical (unpaired) electrons. The quantitative estimate of drug-likeness (QED) is 0.325. The average Bonchev–Trinajstić information content (AvgIpc) is 2.13. The summed E-state index contributed by atoms with van der Waals surface area (Å²) in [6.07, 6.45) is -6.18. The van der Waals surface area contributed by atoms with Crippen LogP contribution in [-0.4, -0.2) is 56.1 Å². The van der Waals surface area contributed by atoms with Crippen molar-refractivity contribution in [3.8, 4) is 0 Å². The Balaban J connectivity index is 2.79. The van der Waals surface area contributed by atoms with Crippen molar-refractivity contribution < 1.29 is 25.5 Å². The fraction of sp³-hybridized carbons (Fsp3) is 1.00. The van der Waals surface area contributed by atoms with E-state index in [0.29, 0.717) is 6.42 Å². The molecule has 0 aromatic heterocycles. The smallest absolute Gasteiger partial charge is 0.111 e. The van der Waals surface area contributed by atoms with Gasteiger partial charge < -0.3 is 25.5 Å². The zero-order valence-corrected chi connectivity index (χ0v) is 7.41. The zero-order valence-electron chi connectivity index (χ0n) is 7.41. The third kappa shape index (κ3) is 1.70. The molecule has 0 bridgehead atoms. The summed E-state index contributed by atoms with van der Waals surface area (Å²) in [6, 6.07) is 0. The SMILES string of the molecule is CCC1C(O)C(O)C(O)C(O)C1O. The van der Waals surface area contributed by atoms with Gasteiger partial charge in [0.15, 0.2) is 0 Å². The maximum Gasteiger partial charge on any atom is 0.111 e. The number of hydrogen-bond donors (Lipinski definition) is 5. The van der Waals surface area contributed by atoms with Gasteiger partial charge in [0.25, 0.3) is 0 Å². The summed E-state index contributed by atoms with van der Waals surface area (Å²) in [5, 5.41) is 46.5. The molecule has 1 aliphatic carbocycles. The van der Waals surface area contributed by atoms with Gasteiger partial charge >= 0.3 is 0 Å². The lowest BCUT2D eigenvalue weighted by atomic mass is 9.77. The van der Waals surface area contributed by atoms with Gasteiger partial charge in [0.2, 0.25) is 0 Å². The molecule has 5 nitrogen and oxygen atoms in total. The lowest BCUT2D eigenvalue weighted by Gasteiger charge is -2.41. The molecule has 5 heteroatoms. The van der Waals surface area contributed by atoms with Crippen LogP contribution in [0.3, 0.4) is 0 Å². The molecule has 0 aliphatic heterocycles. The molecular weight excluding hydrogens is 176 g/mol. The van der Waals surface area contributed by atoms with E-state index in [-0.39, 0.29) is 0 Å². The van der Waals surface area contributed by atoms with Gasteiger partial charge in [0, 0.05) is 5.92 Å². The van der Waals surface area contributed by atoms with E-state index in [1.165, 1.54) is 0 Å². The summed E-state index contributed by atoms with van der Waals surface area (Å²) in [5.74, 6) is -0.589. The minimum absolute atomic E-state index is 0.434. The first-order valence-corrected chi connectivity index (χ1v) is 4.41. The van der Waals surface area contributed by atoms with E-state index in [1.807, 2.05) is 0 Å². The van der Waals surface area contributed by atoms with Crippen molar-refractivity contribution in [3.05, 3.63) is 0 Å². The molecule has 4 atom stereocenters. The van der Waals surface area contributed by atoms with Crippen molar-refractivity contribution in [3.63, 3.8) is 0 Å². The van der Waals surface area contributed by atoms with Crippen molar-refractivity contribution >= 4 is 0 Å². The lowest BCUT2D eigenvalue weighted by Crippen LogP contribution is -2.60. The van der Waals surface area contributed by atoms with Gasteiger partial charge in [0.1, 0.15) is 18.3 Å². The predicted octanol–water partition coefficient (Wildman–Crippen LogP) is -2.17. The second-order valence-electron chi connectivity index (χ2n) is 3.53. The highest BCUT2D eigenvalue weighted by molar-refractivity contribution is 4.97. The first-order chi connectivity index (χ1) is 6.00. The molecular formula is C8H16O5. The van der Waals surface area contributed by atoms with Crippen molar-refractivity contribution in [2.45, 2.75) is 43.9 Å². The third-order valence-electron chi connectivity index (χ3n) is 2.75. The van der Waals surface area contributed by atoms with Crippen molar-refractivity contribution in [2.24, 2.45) is 5.92 Å². The first kappa shape index (κ1) is 10.9. The minimum atomic E-state index is -1.48. The summed E-state index contributed by atoms with van der Waals surface area (Å²) in [5.41, 5.74) is 0. The lowest BCUT2D eigenvalue weighted by molar-refractivity contribution is -0.204. The normalized spacial score (nSPS) is 52.2. The molecule has 1 fully saturated rings. The van der Waals surface area contributed by atoms with Gasteiger partial charge in [-0.3, -0.25) is 0 Å². The molecule has 0 saturated heterocycles. The minimum Gasteiger partial charge on any atom is -0.390 e. The van der Waals surface area contributed by atoms with Crippen LogP contribution in [0.1, 0.15) is 13.3 Å². The Morgan fingerprint density at radius 3 is 1.31 bits per heavy atom. The number of hydrogen-bond acceptors (Lipinski definition) is 5. The Kier molecular flexibility index (Phi) is 3.26. The molecule has 1 aliphatic rings. The molecule has 0 heterocycles. The van der Waals surface area contributed by atoms with Gasteiger partial charge in [0.05, 0.1) is 12.2 Å². The summed E-state index contributed by atoms with van der Waals surface area (Å²) < 4.78 is 0. The summed E-state index contributed by atoms with van der Waals surface area (Å²) in [6.45, 7) is 1.73. The second-order valence-corrected chi connectivity index (χ2v) is 3.53. The predicted molar refractivity (Wildman–Crippen MR) is 43.8 cm³/mol. The van der Waals surface area contributed by atoms with E-state index < -0.39 is 36.4 Å². The van der Waals surface area contributed by atoms with Crippen molar-refractivity contribution in [1.82, 2.24) is 0 Å². The number of rotatable bonds is 1. The number of aliphatic hydroxyl groups is 5. The van der Waals surface area contributed by atoms with Crippen LogP contribution in [0.4, 0.5) is 0 Å². The van der Waals surface area contributed by atoms with Crippen LogP contribution in [-0.2, 0) is 0 Å². The Hall–Kier alpha value is -0.200. The van der Waals surface area contributed by atoms with Crippen molar-refractivity contribution in [1.29, 1.82) is 0 Å². The van der Waals surface area contributed by atoms with Gasteiger partial charge in [-0.2, -0.15) is 0 Å². The van der Waals surface area contributed by atoms with Crippen LogP contribution >= 0.6 is 0 Å². The van der Waals surface area contributed by atoms with E-state index in [9.17, 15) is 25.5 Å². The molecule has 5 N–H and O–H groups in total. The Labute approximate surface area is 76.3 Å². The number of aliphatic hydroxyl groups excluding tert-OH is 5. The molecule has 78 valence electrons. The second kappa shape index (κ2) is 3.89. The summed E-state index contributed by atoms with van der Waals surface area (Å²) >= 11 is 0. The van der Waals surface area contributed by atoms with Crippen LogP contribution in [0.25, 0.3) is 0 Å². The largest absolute Gasteiger partial charge is 0.390 e. The Morgan fingerprint density at radius 1 is 0.692 bits per heavy atom. The highest BCUT2D eigenvalue weighted by Crippen LogP contribution is 2.28. The third-order valence-corrected chi connectivity index (χ3v) is 2.75. The van der Waals surface area contributed by atoms with E-state index in [1.54, 1.807) is 6.92 Å². The highest BCUT2D eigenvalue weighted by Gasteiger charge is 2.47. The van der Waals surface area contributed by atoms with E-state index in [0.717, 1.165) is 0 Å². The van der Waals surface area contributed by atoms with Gasteiger partial charge in [-0.25, -0.2) is 0 Å². The van der Waals surface area contributed by atoms with Crippen molar-refractivity contribution in [2.75, 3.05) is 0 Å². The van der Waals surface area contributed by atoms with Crippen LogP contribution in [0.2, 0.25) is 0 Å². The van der Waals surface area contributed by atoms with Gasteiger partial charge in [-0.15, -0.1) is 0 Å². The topological polar surface area (TPSA) is 101 Å². The van der Waals surface area contributed by atoms with Gasteiger partial charge in [-0.05, 0) is 6.42 Å². The fourth-order valence-electron chi connectivity index (χ4n) is 1.80. The van der Waals surface area contributed by atoms with Crippen LogP contribution in [0.5, 0.6) is 0 Å². The van der Waals surface area contributed by atoms with E-state index in [4.69, 9.17) is 0 Å². The summed E-state index contributed by atoms with van der Waals surface area (Å²) in [4.78, 5) is 0. The fourth-order valence-corrected chi connectivity index (χ4v) is 1.80. The highest BCUT2D eigenvalue weighted by atomic mass is 16.4.